The number of aromatic hydroxyl groups is 1. The van der Waals surface area contributed by atoms with E-state index in [2.05, 4.69) is 17.1 Å². The average molecular weight is 352 g/mol. The Morgan fingerprint density at radius 2 is 2.14 bits per heavy atom. The molecule has 0 bridgehead atoms. The number of carbonyl (C=O) groups excluding carboxylic acids is 1. The number of benzene rings is 1. The number of hydrogen-bond donors (Lipinski definition) is 2. The van der Waals surface area contributed by atoms with Crippen LogP contribution in [0.15, 0.2) is 6.07 Å². The number of nitrogens with one attached hydrogen (secondary N) is 1. The molecule has 1 fully saturated rings. The van der Waals surface area contributed by atoms with E-state index in [1.165, 1.54) is 6.07 Å². The van der Waals surface area contributed by atoms with E-state index in [1.54, 1.807) is 0 Å². The van der Waals surface area contributed by atoms with Gasteiger partial charge in [0.2, 0.25) is 0 Å². The first kappa shape index (κ1) is 16.7. The van der Waals surface area contributed by atoms with E-state index in [0.717, 1.165) is 25.9 Å². The summed E-state index contributed by atoms with van der Waals surface area (Å²) in [6.07, 6.45) is 2.17. The van der Waals surface area contributed by atoms with E-state index in [4.69, 9.17) is 34.8 Å². The third-order valence-corrected chi connectivity index (χ3v) is 4.85. The molecule has 0 aromatic heterocycles. The maximum atomic E-state index is 12.3. The molecular weight excluding hydrogens is 335 g/mol. The van der Waals surface area contributed by atoms with Crippen molar-refractivity contribution in [2.75, 3.05) is 19.6 Å². The van der Waals surface area contributed by atoms with Crippen molar-refractivity contribution < 1.29 is 9.90 Å². The lowest BCUT2D eigenvalue weighted by atomic mass is 10.1. The van der Waals surface area contributed by atoms with Crippen LogP contribution in [0, 0.1) is 0 Å². The minimum Gasteiger partial charge on any atom is -0.505 e. The summed E-state index contributed by atoms with van der Waals surface area (Å²) in [6, 6.07) is 1.63. The molecule has 0 spiro atoms. The summed E-state index contributed by atoms with van der Waals surface area (Å²) in [6.45, 7) is 4.60. The van der Waals surface area contributed by atoms with Gasteiger partial charge in [0, 0.05) is 12.6 Å². The maximum absolute atomic E-state index is 12.3. The molecule has 1 aromatic rings. The highest BCUT2D eigenvalue weighted by Crippen LogP contribution is 2.38. The van der Waals surface area contributed by atoms with Gasteiger partial charge in [0.25, 0.3) is 5.91 Å². The van der Waals surface area contributed by atoms with Gasteiger partial charge in [-0.2, -0.15) is 0 Å². The third kappa shape index (κ3) is 3.57. The number of likely N-dealkylation sites (tertiary alicyclic amines) is 1. The summed E-state index contributed by atoms with van der Waals surface area (Å²) in [5.41, 5.74) is -0.0739. The van der Waals surface area contributed by atoms with Gasteiger partial charge in [0.1, 0.15) is 11.3 Å². The first-order valence-corrected chi connectivity index (χ1v) is 7.97. The molecule has 1 aliphatic rings. The van der Waals surface area contributed by atoms with Gasteiger partial charge in [-0.1, -0.05) is 41.7 Å². The minimum absolute atomic E-state index is 0.00519. The number of rotatable bonds is 4. The molecule has 0 radical (unpaired) electrons. The monoisotopic (exact) mass is 350 g/mol. The predicted molar refractivity (Wildman–Crippen MR) is 85.7 cm³/mol. The second kappa shape index (κ2) is 7.05. The van der Waals surface area contributed by atoms with Crippen molar-refractivity contribution >= 4 is 40.7 Å². The van der Waals surface area contributed by atoms with Gasteiger partial charge in [-0.3, -0.25) is 9.69 Å². The van der Waals surface area contributed by atoms with Gasteiger partial charge in [0.15, 0.2) is 0 Å². The van der Waals surface area contributed by atoms with Gasteiger partial charge in [-0.05, 0) is 32.0 Å². The Kier molecular flexibility index (Phi) is 5.60. The summed E-state index contributed by atoms with van der Waals surface area (Å²) in [5.74, 6) is -0.813. The molecule has 2 rings (SSSR count). The number of nitrogens with zero attached hydrogens (tertiary/aromatic N) is 1. The Bertz CT molecular complexity index is 525. The van der Waals surface area contributed by atoms with E-state index in [9.17, 15) is 9.90 Å². The van der Waals surface area contributed by atoms with Crippen LogP contribution in [0.25, 0.3) is 0 Å². The van der Waals surface area contributed by atoms with Crippen LogP contribution >= 0.6 is 34.8 Å². The summed E-state index contributed by atoms with van der Waals surface area (Å²) in [5, 5.41) is 12.9. The van der Waals surface area contributed by atoms with Gasteiger partial charge in [-0.25, -0.2) is 0 Å². The Balaban J connectivity index is 2.11. The predicted octanol–water partition coefficient (Wildman–Crippen LogP) is 3.57. The van der Waals surface area contributed by atoms with Crippen molar-refractivity contribution in [1.29, 1.82) is 0 Å². The standard InChI is InChI=1S/C14H17Cl3N2O2/c1-2-19-5-3-4-8(19)7-18-14(21)11-12(17)9(15)6-10(16)13(11)20/h6,8,20H,2-5,7H2,1H3,(H,18,21). The number of amides is 1. The van der Waals surface area contributed by atoms with Gasteiger partial charge in [0.05, 0.1) is 15.1 Å². The lowest BCUT2D eigenvalue weighted by molar-refractivity contribution is 0.0939. The molecule has 0 aliphatic carbocycles. The highest BCUT2D eigenvalue weighted by atomic mass is 35.5. The van der Waals surface area contributed by atoms with Crippen LogP contribution in [0.2, 0.25) is 15.1 Å². The molecule has 2 N–H and O–H groups in total. The molecule has 1 amide bonds. The normalized spacial score (nSPS) is 19.0. The number of phenols is 1. The van der Waals surface area contributed by atoms with Crippen molar-refractivity contribution in [3.05, 3.63) is 26.7 Å². The SMILES string of the molecule is CCN1CCCC1CNC(=O)c1c(O)c(Cl)cc(Cl)c1Cl. The Hall–Kier alpha value is -0.680. The maximum Gasteiger partial charge on any atom is 0.256 e. The van der Waals surface area contributed by atoms with E-state index in [1.807, 2.05) is 0 Å². The molecule has 1 saturated heterocycles. The van der Waals surface area contributed by atoms with Gasteiger partial charge < -0.3 is 10.4 Å². The van der Waals surface area contributed by atoms with Crippen molar-refractivity contribution in [3.63, 3.8) is 0 Å². The molecule has 7 heteroatoms. The number of likely N-dealkylation sites (N-methyl/N-ethyl adjacent to an activating group) is 1. The molecule has 4 nitrogen and oxygen atoms in total. The molecule has 1 unspecified atom stereocenters. The Morgan fingerprint density at radius 3 is 2.81 bits per heavy atom. The van der Waals surface area contributed by atoms with Crippen LogP contribution in [-0.4, -0.2) is 41.6 Å². The molecule has 1 aromatic carbocycles. The van der Waals surface area contributed by atoms with Gasteiger partial charge in [-0.15, -0.1) is 0 Å². The highest BCUT2D eigenvalue weighted by Gasteiger charge is 2.25. The molecule has 1 heterocycles. The molecule has 116 valence electrons. The van der Waals surface area contributed by atoms with E-state index < -0.39 is 5.91 Å². The first-order valence-electron chi connectivity index (χ1n) is 6.84. The van der Waals surface area contributed by atoms with E-state index >= 15 is 0 Å². The fourth-order valence-corrected chi connectivity index (χ4v) is 3.33. The second-order valence-corrected chi connectivity index (χ2v) is 6.20. The Morgan fingerprint density at radius 1 is 1.43 bits per heavy atom. The third-order valence-electron chi connectivity index (χ3n) is 3.78. The van der Waals surface area contributed by atoms with Gasteiger partial charge >= 0.3 is 0 Å². The van der Waals surface area contributed by atoms with Crippen LogP contribution < -0.4 is 5.32 Å². The quantitative estimate of drug-likeness (QED) is 0.815. The van der Waals surface area contributed by atoms with E-state index in [0.29, 0.717) is 12.6 Å². The first-order chi connectivity index (χ1) is 9.95. The summed E-state index contributed by atoms with van der Waals surface area (Å²) >= 11 is 17.7. The number of hydrogen-bond acceptors (Lipinski definition) is 3. The zero-order chi connectivity index (χ0) is 15.6. The number of halogens is 3. The largest absolute Gasteiger partial charge is 0.505 e. The van der Waals surface area contributed by atoms with Crippen LogP contribution in [0.3, 0.4) is 0 Å². The Labute approximate surface area is 139 Å². The lowest BCUT2D eigenvalue weighted by Crippen LogP contribution is -2.40. The zero-order valence-electron chi connectivity index (χ0n) is 11.6. The van der Waals surface area contributed by atoms with Crippen LogP contribution in [0.4, 0.5) is 0 Å². The minimum atomic E-state index is -0.468. The molecule has 0 saturated carbocycles. The summed E-state index contributed by atoms with van der Waals surface area (Å²) < 4.78 is 0. The molecule has 21 heavy (non-hydrogen) atoms. The molecule has 1 atom stereocenters. The smallest absolute Gasteiger partial charge is 0.256 e. The second-order valence-electron chi connectivity index (χ2n) is 5.01. The summed E-state index contributed by atoms with van der Waals surface area (Å²) in [4.78, 5) is 14.6. The summed E-state index contributed by atoms with van der Waals surface area (Å²) in [7, 11) is 0. The van der Waals surface area contributed by atoms with Crippen molar-refractivity contribution in [2.45, 2.75) is 25.8 Å². The van der Waals surface area contributed by atoms with Crippen LogP contribution in [0.5, 0.6) is 5.75 Å². The lowest BCUT2D eigenvalue weighted by Gasteiger charge is -2.23. The van der Waals surface area contributed by atoms with Crippen molar-refractivity contribution in [3.8, 4) is 5.75 Å². The van der Waals surface area contributed by atoms with E-state index in [-0.39, 0.29) is 26.4 Å². The fourth-order valence-electron chi connectivity index (χ4n) is 2.63. The topological polar surface area (TPSA) is 52.6 Å². The van der Waals surface area contributed by atoms with Crippen LogP contribution in [-0.2, 0) is 0 Å². The molecular formula is C14H17Cl3N2O2. The number of phenolic OH excluding ortho intramolecular Hbond substituents is 1. The number of carbonyl (C=O) groups is 1. The highest BCUT2D eigenvalue weighted by molar-refractivity contribution is 6.45. The van der Waals surface area contributed by atoms with Crippen molar-refractivity contribution in [1.82, 2.24) is 10.2 Å². The van der Waals surface area contributed by atoms with Crippen LogP contribution in [0.1, 0.15) is 30.1 Å². The van der Waals surface area contributed by atoms with Crippen molar-refractivity contribution in [2.24, 2.45) is 0 Å². The molecule has 1 aliphatic heterocycles. The zero-order valence-corrected chi connectivity index (χ0v) is 13.9. The average Bonchev–Trinajstić information content (AvgIpc) is 2.90. The fraction of sp³-hybridized carbons (Fsp3) is 0.500.